The highest BCUT2D eigenvalue weighted by Gasteiger charge is 2.18. The molecule has 0 saturated carbocycles. The molecule has 1 aliphatic rings. The molecule has 90 valence electrons. The number of nitrogens with zero attached hydrogens (tertiary/aromatic N) is 1. The fourth-order valence-electron chi connectivity index (χ4n) is 2.24. The standard InChI is InChI=1S/C13H16N2O2/c1-17-12-6-9(8-14)5-10(13(12)16)7-11-3-2-4-15-11/h5-6,11,15-16H,2-4,7H2,1H3. The van der Waals surface area contributed by atoms with Crippen molar-refractivity contribution in [1.82, 2.24) is 5.32 Å². The fourth-order valence-corrected chi connectivity index (χ4v) is 2.24. The van der Waals surface area contributed by atoms with Gasteiger partial charge in [-0.05, 0) is 31.9 Å². The molecule has 1 saturated heterocycles. The molecule has 2 rings (SSSR count). The monoisotopic (exact) mass is 232 g/mol. The number of nitriles is 1. The van der Waals surface area contributed by atoms with Crippen LogP contribution in [0.5, 0.6) is 11.5 Å². The normalized spacial score (nSPS) is 18.9. The largest absolute Gasteiger partial charge is 0.504 e. The van der Waals surface area contributed by atoms with E-state index in [0.717, 1.165) is 24.9 Å². The van der Waals surface area contributed by atoms with E-state index in [1.54, 1.807) is 12.1 Å². The van der Waals surface area contributed by atoms with E-state index < -0.39 is 0 Å². The minimum absolute atomic E-state index is 0.153. The number of benzene rings is 1. The number of methoxy groups -OCH3 is 1. The molecule has 1 heterocycles. The Morgan fingerprint density at radius 1 is 1.59 bits per heavy atom. The first kappa shape index (κ1) is 11.7. The SMILES string of the molecule is COc1cc(C#N)cc(CC2CCCN2)c1O. The Hall–Kier alpha value is -1.73. The minimum Gasteiger partial charge on any atom is -0.504 e. The first-order chi connectivity index (χ1) is 8.24. The van der Waals surface area contributed by atoms with Gasteiger partial charge in [-0.3, -0.25) is 0 Å². The summed E-state index contributed by atoms with van der Waals surface area (Å²) >= 11 is 0. The second-order valence-electron chi connectivity index (χ2n) is 4.30. The molecular weight excluding hydrogens is 216 g/mol. The lowest BCUT2D eigenvalue weighted by molar-refractivity contribution is 0.369. The molecule has 2 N–H and O–H groups in total. The molecule has 1 aromatic carbocycles. The number of phenols is 1. The van der Waals surface area contributed by atoms with Gasteiger partial charge in [0.25, 0.3) is 0 Å². The van der Waals surface area contributed by atoms with Crippen LogP contribution in [0, 0.1) is 11.3 Å². The number of hydrogen-bond acceptors (Lipinski definition) is 4. The third kappa shape index (κ3) is 2.51. The van der Waals surface area contributed by atoms with Gasteiger partial charge in [-0.2, -0.15) is 5.26 Å². The lowest BCUT2D eigenvalue weighted by atomic mass is 10.0. The van der Waals surface area contributed by atoms with Crippen molar-refractivity contribution in [2.24, 2.45) is 0 Å². The summed E-state index contributed by atoms with van der Waals surface area (Å²) in [6.45, 7) is 1.03. The molecule has 0 amide bonds. The molecule has 0 aromatic heterocycles. The highest BCUT2D eigenvalue weighted by atomic mass is 16.5. The van der Waals surface area contributed by atoms with Crippen LogP contribution in [-0.4, -0.2) is 24.8 Å². The van der Waals surface area contributed by atoms with Gasteiger partial charge in [0.2, 0.25) is 0 Å². The van der Waals surface area contributed by atoms with E-state index in [1.807, 2.05) is 0 Å². The Bertz CT molecular complexity index is 445. The van der Waals surface area contributed by atoms with Crippen molar-refractivity contribution in [3.8, 4) is 17.6 Å². The molecule has 17 heavy (non-hydrogen) atoms. The van der Waals surface area contributed by atoms with Crippen LogP contribution in [0.3, 0.4) is 0 Å². The van der Waals surface area contributed by atoms with Crippen molar-refractivity contribution < 1.29 is 9.84 Å². The van der Waals surface area contributed by atoms with E-state index in [2.05, 4.69) is 11.4 Å². The summed E-state index contributed by atoms with van der Waals surface area (Å²) in [4.78, 5) is 0. The third-order valence-electron chi connectivity index (χ3n) is 3.13. The van der Waals surface area contributed by atoms with E-state index >= 15 is 0 Å². The Morgan fingerprint density at radius 3 is 3.00 bits per heavy atom. The first-order valence-electron chi connectivity index (χ1n) is 5.78. The second-order valence-corrected chi connectivity index (χ2v) is 4.30. The number of rotatable bonds is 3. The highest BCUT2D eigenvalue weighted by molar-refractivity contribution is 5.52. The lowest BCUT2D eigenvalue weighted by Gasteiger charge is -2.13. The number of aromatic hydroxyl groups is 1. The summed E-state index contributed by atoms with van der Waals surface area (Å²) in [5.41, 5.74) is 1.30. The van der Waals surface area contributed by atoms with Crippen LogP contribution in [0.4, 0.5) is 0 Å². The van der Waals surface area contributed by atoms with Gasteiger partial charge in [-0.25, -0.2) is 0 Å². The van der Waals surface area contributed by atoms with Crippen molar-refractivity contribution in [2.75, 3.05) is 13.7 Å². The summed E-state index contributed by atoms with van der Waals surface area (Å²) in [6.07, 6.45) is 3.01. The quantitative estimate of drug-likeness (QED) is 0.830. The zero-order chi connectivity index (χ0) is 12.3. The number of nitrogens with one attached hydrogen (secondary N) is 1. The average Bonchev–Trinajstić information content (AvgIpc) is 2.84. The lowest BCUT2D eigenvalue weighted by Crippen LogP contribution is -2.23. The molecule has 4 nitrogen and oxygen atoms in total. The molecule has 1 fully saturated rings. The number of hydrogen-bond donors (Lipinski definition) is 2. The molecule has 1 atom stereocenters. The first-order valence-corrected chi connectivity index (χ1v) is 5.78. The molecule has 1 aliphatic heterocycles. The van der Waals surface area contributed by atoms with E-state index in [4.69, 9.17) is 10.00 Å². The molecule has 0 bridgehead atoms. The molecule has 1 unspecified atom stereocenters. The molecule has 0 spiro atoms. The van der Waals surface area contributed by atoms with E-state index in [9.17, 15) is 5.11 Å². The predicted octanol–water partition coefficient (Wildman–Crippen LogP) is 1.57. The van der Waals surface area contributed by atoms with Gasteiger partial charge in [-0.1, -0.05) is 0 Å². The molecule has 1 aromatic rings. The Balaban J connectivity index is 2.28. The number of ether oxygens (including phenoxy) is 1. The Kier molecular flexibility index (Phi) is 3.50. The Labute approximate surface area is 101 Å². The van der Waals surface area contributed by atoms with Gasteiger partial charge in [0.15, 0.2) is 11.5 Å². The summed E-state index contributed by atoms with van der Waals surface area (Å²) in [6, 6.07) is 5.76. The van der Waals surface area contributed by atoms with Crippen LogP contribution < -0.4 is 10.1 Å². The van der Waals surface area contributed by atoms with Crippen LogP contribution in [0.1, 0.15) is 24.0 Å². The average molecular weight is 232 g/mol. The summed E-state index contributed by atoms with van der Waals surface area (Å²) < 4.78 is 5.07. The summed E-state index contributed by atoms with van der Waals surface area (Å²) in [5, 5.41) is 22.3. The third-order valence-corrected chi connectivity index (χ3v) is 3.13. The van der Waals surface area contributed by atoms with Gasteiger partial charge < -0.3 is 15.2 Å². The van der Waals surface area contributed by atoms with Crippen LogP contribution in [0.15, 0.2) is 12.1 Å². The summed E-state index contributed by atoms with van der Waals surface area (Å²) in [5.74, 6) is 0.525. The highest BCUT2D eigenvalue weighted by Crippen LogP contribution is 2.32. The van der Waals surface area contributed by atoms with Gasteiger partial charge in [0, 0.05) is 17.7 Å². The molecular formula is C13H16N2O2. The van der Waals surface area contributed by atoms with Crippen molar-refractivity contribution >= 4 is 0 Å². The van der Waals surface area contributed by atoms with Gasteiger partial charge in [-0.15, -0.1) is 0 Å². The van der Waals surface area contributed by atoms with Crippen LogP contribution in [0.2, 0.25) is 0 Å². The Morgan fingerprint density at radius 2 is 2.41 bits per heavy atom. The van der Waals surface area contributed by atoms with E-state index in [1.165, 1.54) is 13.5 Å². The van der Waals surface area contributed by atoms with Crippen molar-refractivity contribution in [2.45, 2.75) is 25.3 Å². The maximum atomic E-state index is 10.0. The second kappa shape index (κ2) is 5.07. The zero-order valence-electron chi connectivity index (χ0n) is 9.86. The van der Waals surface area contributed by atoms with Crippen LogP contribution in [-0.2, 0) is 6.42 Å². The van der Waals surface area contributed by atoms with Gasteiger partial charge in [0.05, 0.1) is 18.7 Å². The van der Waals surface area contributed by atoms with E-state index in [-0.39, 0.29) is 5.75 Å². The molecule has 0 aliphatic carbocycles. The predicted molar refractivity (Wildman–Crippen MR) is 64.1 cm³/mol. The summed E-state index contributed by atoms with van der Waals surface area (Å²) in [7, 11) is 1.49. The smallest absolute Gasteiger partial charge is 0.162 e. The maximum Gasteiger partial charge on any atom is 0.162 e. The number of phenolic OH excluding ortho intramolecular Hbond substituents is 1. The molecule has 0 radical (unpaired) electrons. The fraction of sp³-hybridized carbons (Fsp3) is 0.462. The zero-order valence-corrected chi connectivity index (χ0v) is 9.86. The van der Waals surface area contributed by atoms with Crippen LogP contribution >= 0.6 is 0 Å². The minimum atomic E-state index is 0.153. The topological polar surface area (TPSA) is 65.3 Å². The van der Waals surface area contributed by atoms with Crippen molar-refractivity contribution in [3.05, 3.63) is 23.3 Å². The van der Waals surface area contributed by atoms with Crippen molar-refractivity contribution in [3.63, 3.8) is 0 Å². The van der Waals surface area contributed by atoms with E-state index in [0.29, 0.717) is 17.4 Å². The maximum absolute atomic E-state index is 10.0. The van der Waals surface area contributed by atoms with Crippen molar-refractivity contribution in [1.29, 1.82) is 5.26 Å². The van der Waals surface area contributed by atoms with Crippen LogP contribution in [0.25, 0.3) is 0 Å². The van der Waals surface area contributed by atoms with Gasteiger partial charge >= 0.3 is 0 Å². The molecule has 4 heteroatoms. The van der Waals surface area contributed by atoms with Gasteiger partial charge in [0.1, 0.15) is 0 Å².